The summed E-state index contributed by atoms with van der Waals surface area (Å²) in [7, 11) is 0. The van der Waals surface area contributed by atoms with Crippen LogP contribution in [0.25, 0.3) is 0 Å². The van der Waals surface area contributed by atoms with Crippen LogP contribution in [0.5, 0.6) is 0 Å². The van der Waals surface area contributed by atoms with Gasteiger partial charge in [0.2, 0.25) is 5.91 Å². The van der Waals surface area contributed by atoms with Crippen LogP contribution in [0.4, 0.5) is 13.2 Å². The number of hydrogen-bond acceptors (Lipinski definition) is 3. The van der Waals surface area contributed by atoms with E-state index in [2.05, 4.69) is 10.2 Å². The van der Waals surface area contributed by atoms with E-state index in [4.69, 9.17) is 4.74 Å². The highest BCUT2D eigenvalue weighted by molar-refractivity contribution is 5.79. The Labute approximate surface area is 145 Å². The normalized spacial score (nSPS) is 20.8. The first-order valence-corrected chi connectivity index (χ1v) is 8.72. The molecular weight excluding hydrogens is 333 g/mol. The summed E-state index contributed by atoms with van der Waals surface area (Å²) in [4.78, 5) is 14.3. The number of rotatable bonds is 5. The highest BCUT2D eigenvalue weighted by atomic mass is 19.4. The monoisotopic (exact) mass is 356 g/mol. The molecule has 2 aliphatic rings. The zero-order chi connectivity index (χ0) is 17.9. The number of carbonyl (C=O) groups excluding carboxylic acids is 1. The van der Waals surface area contributed by atoms with Crippen molar-refractivity contribution in [3.63, 3.8) is 0 Å². The van der Waals surface area contributed by atoms with Gasteiger partial charge in [-0.25, -0.2) is 0 Å². The molecule has 1 saturated carbocycles. The third-order valence-electron chi connectivity index (χ3n) is 5.05. The van der Waals surface area contributed by atoms with Gasteiger partial charge in [-0.2, -0.15) is 13.2 Å². The molecule has 1 aromatic rings. The van der Waals surface area contributed by atoms with Gasteiger partial charge >= 0.3 is 6.18 Å². The van der Waals surface area contributed by atoms with E-state index in [-0.39, 0.29) is 17.9 Å². The van der Waals surface area contributed by atoms with Crippen LogP contribution >= 0.6 is 0 Å². The van der Waals surface area contributed by atoms with E-state index in [0.717, 1.165) is 37.0 Å². The van der Waals surface area contributed by atoms with Gasteiger partial charge in [0, 0.05) is 25.6 Å². The maximum absolute atomic E-state index is 12.8. The van der Waals surface area contributed by atoms with Crippen LogP contribution in [-0.4, -0.2) is 43.7 Å². The quantitative estimate of drug-likeness (QED) is 0.882. The second-order valence-electron chi connectivity index (χ2n) is 6.66. The van der Waals surface area contributed by atoms with Crippen molar-refractivity contribution < 1.29 is 22.7 Å². The molecule has 1 heterocycles. The van der Waals surface area contributed by atoms with E-state index in [0.29, 0.717) is 32.8 Å². The van der Waals surface area contributed by atoms with Gasteiger partial charge in [-0.05, 0) is 30.5 Å². The fraction of sp³-hybridized carbons (Fsp3) is 0.611. The Hall–Kier alpha value is -1.60. The van der Waals surface area contributed by atoms with Crippen molar-refractivity contribution in [3.8, 4) is 0 Å². The van der Waals surface area contributed by atoms with E-state index >= 15 is 0 Å². The molecule has 1 saturated heterocycles. The number of carbonyl (C=O) groups is 1. The molecule has 0 aromatic heterocycles. The number of benzene rings is 1. The predicted octanol–water partition coefficient (Wildman–Crippen LogP) is 3.00. The maximum atomic E-state index is 12.8. The van der Waals surface area contributed by atoms with Gasteiger partial charge in [0.15, 0.2) is 0 Å². The Morgan fingerprint density at radius 2 is 1.84 bits per heavy atom. The molecule has 4 nitrogen and oxygen atoms in total. The Bertz CT molecular complexity index is 579. The molecule has 2 fully saturated rings. The summed E-state index contributed by atoms with van der Waals surface area (Å²) < 4.78 is 43.7. The highest BCUT2D eigenvalue weighted by Crippen LogP contribution is 2.31. The summed E-state index contributed by atoms with van der Waals surface area (Å²) in [6, 6.07) is 5.10. The van der Waals surface area contributed by atoms with Crippen molar-refractivity contribution in [1.82, 2.24) is 10.2 Å². The number of morpholine rings is 1. The molecule has 7 heteroatoms. The number of nitrogens with one attached hydrogen (secondary N) is 1. The molecule has 0 radical (unpaired) electrons. The Kier molecular flexibility index (Phi) is 5.64. The minimum Gasteiger partial charge on any atom is -0.379 e. The summed E-state index contributed by atoms with van der Waals surface area (Å²) >= 11 is 0. The lowest BCUT2D eigenvalue weighted by Crippen LogP contribution is -2.45. The van der Waals surface area contributed by atoms with Gasteiger partial charge in [-0.1, -0.05) is 18.6 Å². The number of amides is 1. The van der Waals surface area contributed by atoms with Crippen molar-refractivity contribution in [1.29, 1.82) is 0 Å². The van der Waals surface area contributed by atoms with Crippen LogP contribution in [0.1, 0.15) is 36.4 Å². The molecule has 1 aromatic carbocycles. The van der Waals surface area contributed by atoms with Crippen LogP contribution in [-0.2, 0) is 15.7 Å². The van der Waals surface area contributed by atoms with Gasteiger partial charge in [0.1, 0.15) is 0 Å². The zero-order valence-corrected chi connectivity index (χ0v) is 14.0. The first-order valence-electron chi connectivity index (χ1n) is 8.72. The lowest BCUT2D eigenvalue weighted by Gasteiger charge is -2.35. The Balaban J connectivity index is 1.71. The summed E-state index contributed by atoms with van der Waals surface area (Å²) in [5.41, 5.74) is 0.124. The standard InChI is InChI=1S/C18H23F3N2O2/c19-18(20,21)15-6-4-13(5-7-15)16(23-8-10-25-11-9-23)12-22-17(24)14-2-1-3-14/h4-7,14,16H,1-3,8-12H2,(H,22,24)/t16-/m1/s1. The molecule has 1 aliphatic carbocycles. The minimum absolute atomic E-state index is 0.0522. The molecule has 0 bridgehead atoms. The third kappa shape index (κ3) is 4.52. The van der Waals surface area contributed by atoms with Gasteiger partial charge in [-0.3, -0.25) is 9.69 Å². The van der Waals surface area contributed by atoms with E-state index in [1.807, 2.05) is 0 Å². The van der Waals surface area contributed by atoms with Gasteiger partial charge < -0.3 is 10.1 Å². The number of halogens is 3. The Morgan fingerprint density at radius 1 is 1.20 bits per heavy atom. The molecule has 138 valence electrons. The van der Waals surface area contributed by atoms with Crippen molar-refractivity contribution in [2.24, 2.45) is 5.92 Å². The molecule has 0 spiro atoms. The average molecular weight is 356 g/mol. The predicted molar refractivity (Wildman–Crippen MR) is 86.9 cm³/mol. The summed E-state index contributed by atoms with van der Waals surface area (Å²) in [5.74, 6) is 0.148. The largest absolute Gasteiger partial charge is 0.416 e. The highest BCUT2D eigenvalue weighted by Gasteiger charge is 2.31. The SMILES string of the molecule is O=C(NC[C@H](c1ccc(C(F)(F)F)cc1)N1CCOCC1)C1CCC1. The first-order chi connectivity index (χ1) is 11.9. The van der Waals surface area contributed by atoms with E-state index in [9.17, 15) is 18.0 Å². The van der Waals surface area contributed by atoms with Crippen molar-refractivity contribution >= 4 is 5.91 Å². The molecule has 1 aliphatic heterocycles. The van der Waals surface area contributed by atoms with Crippen LogP contribution in [0.2, 0.25) is 0 Å². The molecular formula is C18H23F3N2O2. The van der Waals surface area contributed by atoms with Gasteiger partial charge in [-0.15, -0.1) is 0 Å². The number of hydrogen-bond donors (Lipinski definition) is 1. The minimum atomic E-state index is -4.34. The fourth-order valence-electron chi connectivity index (χ4n) is 3.25. The maximum Gasteiger partial charge on any atom is 0.416 e. The van der Waals surface area contributed by atoms with E-state index in [1.54, 1.807) is 0 Å². The fourth-order valence-corrected chi connectivity index (χ4v) is 3.25. The molecule has 3 rings (SSSR count). The molecule has 25 heavy (non-hydrogen) atoms. The summed E-state index contributed by atoms with van der Waals surface area (Å²) in [6.45, 7) is 2.98. The van der Waals surface area contributed by atoms with E-state index < -0.39 is 11.7 Å². The van der Waals surface area contributed by atoms with Gasteiger partial charge in [0.05, 0.1) is 24.8 Å². The first kappa shape index (κ1) is 18.2. The average Bonchev–Trinajstić information content (AvgIpc) is 2.54. The third-order valence-corrected chi connectivity index (χ3v) is 5.05. The van der Waals surface area contributed by atoms with Crippen LogP contribution in [0.3, 0.4) is 0 Å². The van der Waals surface area contributed by atoms with Gasteiger partial charge in [0.25, 0.3) is 0 Å². The second kappa shape index (κ2) is 7.74. The number of ether oxygens (including phenoxy) is 1. The lowest BCUT2D eigenvalue weighted by atomic mass is 9.85. The Morgan fingerprint density at radius 3 is 2.36 bits per heavy atom. The number of nitrogens with zero attached hydrogens (tertiary/aromatic N) is 1. The zero-order valence-electron chi connectivity index (χ0n) is 14.0. The van der Waals surface area contributed by atoms with Crippen molar-refractivity contribution in [3.05, 3.63) is 35.4 Å². The molecule has 1 N–H and O–H groups in total. The lowest BCUT2D eigenvalue weighted by molar-refractivity contribution is -0.137. The van der Waals surface area contributed by atoms with Crippen LogP contribution < -0.4 is 5.32 Å². The molecule has 1 atom stereocenters. The van der Waals surface area contributed by atoms with Crippen molar-refractivity contribution in [2.75, 3.05) is 32.8 Å². The summed E-state index contributed by atoms with van der Waals surface area (Å²) in [6.07, 6.45) is -1.40. The second-order valence-corrected chi connectivity index (χ2v) is 6.66. The molecule has 0 unspecified atom stereocenters. The topological polar surface area (TPSA) is 41.6 Å². The smallest absolute Gasteiger partial charge is 0.379 e. The summed E-state index contributed by atoms with van der Waals surface area (Å²) in [5, 5.41) is 2.98. The van der Waals surface area contributed by atoms with Crippen LogP contribution in [0, 0.1) is 5.92 Å². The van der Waals surface area contributed by atoms with Crippen LogP contribution in [0.15, 0.2) is 24.3 Å². The van der Waals surface area contributed by atoms with Crippen molar-refractivity contribution in [2.45, 2.75) is 31.5 Å². The van der Waals surface area contributed by atoms with E-state index in [1.165, 1.54) is 12.1 Å². The molecule has 1 amide bonds. The number of alkyl halides is 3.